The Bertz CT molecular complexity index is 495. The first-order valence-electron chi connectivity index (χ1n) is 10.4. The van der Waals surface area contributed by atoms with Crippen LogP contribution in [0.15, 0.2) is 17.1 Å². The molecule has 0 heterocycles. The van der Waals surface area contributed by atoms with Crippen molar-refractivity contribution in [1.29, 1.82) is 0 Å². The summed E-state index contributed by atoms with van der Waals surface area (Å²) in [7, 11) is -4.09. The van der Waals surface area contributed by atoms with E-state index in [1.54, 1.807) is 6.08 Å². The number of hydrogen-bond acceptors (Lipinski definition) is 5. The van der Waals surface area contributed by atoms with Crippen LogP contribution >= 0.6 is 0 Å². The number of rotatable bonds is 18. The second-order valence-electron chi connectivity index (χ2n) is 6.89. The maximum absolute atomic E-state index is 11.2. The van der Waals surface area contributed by atoms with Gasteiger partial charge in [-0.25, -0.2) is 0 Å². The van der Waals surface area contributed by atoms with Gasteiger partial charge in [0, 0.05) is 6.61 Å². The van der Waals surface area contributed by atoms with Crippen LogP contribution in [0.1, 0.15) is 90.4 Å². The third-order valence-electron chi connectivity index (χ3n) is 4.28. The van der Waals surface area contributed by atoms with Gasteiger partial charge in [0.2, 0.25) is 0 Å². The molecule has 0 aromatic carbocycles. The van der Waals surface area contributed by atoms with Crippen LogP contribution < -0.4 is 34.7 Å². The first-order valence-corrected chi connectivity index (χ1v) is 12.0. The summed E-state index contributed by atoms with van der Waals surface area (Å²) >= 11 is 0. The first kappa shape index (κ1) is 30.1. The van der Waals surface area contributed by atoms with E-state index in [4.69, 9.17) is 9.29 Å². The maximum atomic E-state index is 11.2. The van der Waals surface area contributed by atoms with Gasteiger partial charge in [0.15, 0.2) is 0 Å². The van der Waals surface area contributed by atoms with Gasteiger partial charge in [-0.2, -0.15) is 8.42 Å². The van der Waals surface area contributed by atoms with Gasteiger partial charge >= 0.3 is 29.6 Å². The van der Waals surface area contributed by atoms with Crippen molar-refractivity contribution < 1.29 is 52.4 Å². The van der Waals surface area contributed by atoms with Crippen LogP contribution in [-0.2, 0) is 14.9 Å². The third-order valence-corrected chi connectivity index (χ3v) is 4.98. The molecule has 0 aliphatic rings. The van der Waals surface area contributed by atoms with Crippen molar-refractivity contribution in [3.8, 4) is 0 Å². The average molecular weight is 428 g/mol. The predicted molar refractivity (Wildman–Crippen MR) is 110 cm³/mol. The maximum Gasteiger partial charge on any atom is 1.00 e. The quantitative estimate of drug-likeness (QED) is 0.0887. The summed E-state index contributed by atoms with van der Waals surface area (Å²) in [5, 5.41) is 11.2. The molecule has 1 N–H and O–H groups in total. The monoisotopic (exact) mass is 427 g/mol. The van der Waals surface area contributed by atoms with Crippen molar-refractivity contribution in [2.75, 3.05) is 18.9 Å². The SMILES string of the molecule is CCCCCCCCCCCCCC/C=C/COC([O-])=NCCS(=O)(=O)O.[Na+]. The molecule has 8 heteroatoms. The molecule has 0 amide bonds. The average Bonchev–Trinajstić information content (AvgIpc) is 2.60. The van der Waals surface area contributed by atoms with Crippen LogP contribution in [-0.4, -0.2) is 38.0 Å². The summed E-state index contributed by atoms with van der Waals surface area (Å²) in [5.74, 6) is -0.573. The second-order valence-corrected chi connectivity index (χ2v) is 8.47. The molecule has 28 heavy (non-hydrogen) atoms. The van der Waals surface area contributed by atoms with E-state index in [0.29, 0.717) is 0 Å². The van der Waals surface area contributed by atoms with Crippen molar-refractivity contribution >= 4 is 16.2 Å². The van der Waals surface area contributed by atoms with Gasteiger partial charge in [-0.1, -0.05) is 89.7 Å². The largest absolute Gasteiger partial charge is 1.00 e. The van der Waals surface area contributed by atoms with E-state index in [0.717, 1.165) is 12.8 Å². The van der Waals surface area contributed by atoms with Crippen LogP contribution in [0.5, 0.6) is 0 Å². The zero-order chi connectivity index (χ0) is 20.2. The number of nitrogens with zero attached hydrogens (tertiary/aromatic N) is 1. The fourth-order valence-corrected chi connectivity index (χ4v) is 3.03. The molecule has 0 aromatic heterocycles. The molecule has 0 fully saturated rings. The van der Waals surface area contributed by atoms with Crippen LogP contribution in [0.3, 0.4) is 0 Å². The molecule has 0 aliphatic heterocycles. The molecule has 0 aliphatic carbocycles. The molecule has 160 valence electrons. The van der Waals surface area contributed by atoms with Crippen molar-refractivity contribution in [1.82, 2.24) is 0 Å². The molecule has 0 aromatic rings. The number of hydrogen-bond donors (Lipinski definition) is 1. The van der Waals surface area contributed by atoms with Gasteiger partial charge in [-0.15, -0.1) is 0 Å². The van der Waals surface area contributed by atoms with Crippen molar-refractivity contribution in [2.24, 2.45) is 4.99 Å². The fraction of sp³-hybridized carbons (Fsp3) is 0.850. The molecule has 6 nitrogen and oxygen atoms in total. The summed E-state index contributed by atoms with van der Waals surface area (Å²) in [5.41, 5.74) is 0. The van der Waals surface area contributed by atoms with Gasteiger partial charge < -0.3 is 9.84 Å². The summed E-state index contributed by atoms with van der Waals surface area (Å²) in [6, 6.07) is 0. The molecule has 0 rings (SSSR count). The van der Waals surface area contributed by atoms with E-state index >= 15 is 0 Å². The van der Waals surface area contributed by atoms with Crippen molar-refractivity contribution in [3.05, 3.63) is 12.2 Å². The molecule has 0 saturated carbocycles. The normalized spacial score (nSPS) is 12.3. The Morgan fingerprint density at radius 3 is 1.93 bits per heavy atom. The first-order chi connectivity index (χ1) is 13.0. The number of unbranched alkanes of at least 4 members (excludes halogenated alkanes) is 12. The molecule has 0 spiro atoms. The minimum Gasteiger partial charge on any atom is -0.596 e. The summed E-state index contributed by atoms with van der Waals surface area (Å²) in [4.78, 5) is 3.38. The minimum absolute atomic E-state index is 0. The minimum atomic E-state index is -4.09. The van der Waals surface area contributed by atoms with E-state index < -0.39 is 22.0 Å². The Morgan fingerprint density at radius 1 is 0.929 bits per heavy atom. The zero-order valence-corrected chi connectivity index (χ0v) is 20.7. The van der Waals surface area contributed by atoms with E-state index in [1.807, 2.05) is 6.08 Å². The van der Waals surface area contributed by atoms with Gasteiger partial charge in [-0.05, 0) is 12.8 Å². The summed E-state index contributed by atoms with van der Waals surface area (Å²) < 4.78 is 34.2. The Labute approximate surface area is 194 Å². The van der Waals surface area contributed by atoms with E-state index in [9.17, 15) is 13.5 Å². The smallest absolute Gasteiger partial charge is 0.596 e. The third kappa shape index (κ3) is 25.9. The molecular weight excluding hydrogens is 389 g/mol. The molecule has 0 atom stereocenters. The number of ether oxygens (including phenoxy) is 1. The van der Waals surface area contributed by atoms with Gasteiger partial charge in [-0.3, -0.25) is 9.55 Å². The van der Waals surface area contributed by atoms with E-state index in [-0.39, 0.29) is 42.7 Å². The Kier molecular flexibility index (Phi) is 23.3. The Balaban J connectivity index is 0. The zero-order valence-electron chi connectivity index (χ0n) is 17.9. The standard InChI is InChI=1S/C20H39NO5S.Na/c1-2-3-4-5-6-7-8-9-10-11-12-13-14-15-16-18-26-20(22)21-17-19-27(23,24)25;/h15-16H,2-14,17-19H2,1H3,(H,21,22)(H,23,24,25);/q;+1/p-1/b16-15+;. The topological polar surface area (TPSA) is 99.0 Å². The fourth-order valence-electron chi connectivity index (χ4n) is 2.71. The Morgan fingerprint density at radius 2 is 1.43 bits per heavy atom. The number of allylic oxidation sites excluding steroid dienone is 1. The molecule has 0 unspecified atom stereocenters. The summed E-state index contributed by atoms with van der Waals surface area (Å²) in [6.45, 7) is 2.09. The van der Waals surface area contributed by atoms with Crippen molar-refractivity contribution in [3.63, 3.8) is 0 Å². The van der Waals surface area contributed by atoms with Crippen LogP contribution in [0.25, 0.3) is 0 Å². The molecule has 0 radical (unpaired) electrons. The second kappa shape index (κ2) is 21.6. The Hall–Kier alpha value is -0.0800. The molecule has 0 saturated heterocycles. The summed E-state index contributed by atoms with van der Waals surface area (Å²) in [6.07, 6.45) is 19.9. The van der Waals surface area contributed by atoms with Crippen molar-refractivity contribution in [2.45, 2.75) is 90.4 Å². The van der Waals surface area contributed by atoms with Crippen LogP contribution in [0.4, 0.5) is 0 Å². The van der Waals surface area contributed by atoms with E-state index in [1.165, 1.54) is 70.6 Å². The van der Waals surface area contributed by atoms with Gasteiger partial charge in [0.1, 0.15) is 6.08 Å². The molecular formula is C20H38NNaO5S. The molecule has 0 bridgehead atoms. The predicted octanol–water partition coefficient (Wildman–Crippen LogP) is 1.26. The van der Waals surface area contributed by atoms with E-state index in [2.05, 4.69) is 11.9 Å². The van der Waals surface area contributed by atoms with Crippen LogP contribution in [0, 0.1) is 0 Å². The van der Waals surface area contributed by atoms with Crippen LogP contribution in [0.2, 0.25) is 0 Å². The van der Waals surface area contributed by atoms with Gasteiger partial charge in [0.05, 0.1) is 12.3 Å². The number of aliphatic imine (C=N–C) groups is 1. The van der Waals surface area contributed by atoms with Gasteiger partial charge in [0.25, 0.3) is 10.1 Å².